The van der Waals surface area contributed by atoms with Crippen molar-refractivity contribution < 1.29 is 4.79 Å². The van der Waals surface area contributed by atoms with Crippen molar-refractivity contribution in [2.24, 2.45) is 0 Å². The van der Waals surface area contributed by atoms with Crippen LogP contribution in [0.2, 0.25) is 0 Å². The van der Waals surface area contributed by atoms with E-state index >= 15 is 0 Å². The van der Waals surface area contributed by atoms with E-state index in [1.165, 1.54) is 0 Å². The number of unbranched alkanes of at least 4 members (excludes halogenated alkanes) is 1. The van der Waals surface area contributed by atoms with Crippen molar-refractivity contribution in [1.82, 2.24) is 20.2 Å². The average molecular weight is 286 g/mol. The monoisotopic (exact) mass is 286 g/mol. The topological polar surface area (TPSA) is 59.0 Å². The van der Waals surface area contributed by atoms with E-state index in [-0.39, 0.29) is 12.1 Å². The van der Waals surface area contributed by atoms with Crippen molar-refractivity contribution in [2.75, 3.05) is 6.54 Å². The molecule has 0 fully saturated rings. The van der Waals surface area contributed by atoms with Crippen molar-refractivity contribution in [3.8, 4) is 5.69 Å². The first-order valence-electron chi connectivity index (χ1n) is 7.33. The minimum absolute atomic E-state index is 0.0246. The summed E-state index contributed by atoms with van der Waals surface area (Å²) in [6.45, 7) is 4.80. The molecule has 2 aromatic rings. The smallest absolute Gasteiger partial charge is 0.315 e. The zero-order valence-corrected chi connectivity index (χ0v) is 12.5. The summed E-state index contributed by atoms with van der Waals surface area (Å²) in [6, 6.07) is 7.94. The second kappa shape index (κ2) is 7.47. The molecule has 0 aliphatic rings. The molecular weight excluding hydrogens is 264 g/mol. The van der Waals surface area contributed by atoms with E-state index in [1.807, 2.05) is 42.0 Å². The second-order valence-electron chi connectivity index (χ2n) is 5.04. The third kappa shape index (κ3) is 4.34. The van der Waals surface area contributed by atoms with Crippen molar-refractivity contribution in [2.45, 2.75) is 32.7 Å². The molecule has 0 saturated heterocycles. The molecule has 0 spiro atoms. The third-order valence-corrected chi connectivity index (χ3v) is 3.36. The maximum absolute atomic E-state index is 11.7. The minimum Gasteiger partial charge on any atom is -0.338 e. The molecule has 0 aliphatic carbocycles. The number of nitrogens with zero attached hydrogens (tertiary/aromatic N) is 2. The predicted octanol–water partition coefficient (Wildman–Crippen LogP) is 3.03. The van der Waals surface area contributed by atoms with Crippen LogP contribution in [0.15, 0.2) is 43.0 Å². The Balaban J connectivity index is 1.90. The molecule has 1 atom stereocenters. The summed E-state index contributed by atoms with van der Waals surface area (Å²) in [5, 5.41) is 5.80. The lowest BCUT2D eigenvalue weighted by atomic mass is 10.1. The number of aromatic nitrogens is 2. The van der Waals surface area contributed by atoms with Crippen LogP contribution in [0.5, 0.6) is 0 Å². The zero-order chi connectivity index (χ0) is 15.1. The molecule has 5 nitrogen and oxygen atoms in total. The van der Waals surface area contributed by atoms with Gasteiger partial charge in [0.2, 0.25) is 0 Å². The molecule has 1 aromatic heterocycles. The molecule has 2 rings (SSSR count). The van der Waals surface area contributed by atoms with E-state index in [0.717, 1.165) is 24.1 Å². The highest BCUT2D eigenvalue weighted by atomic mass is 16.2. The largest absolute Gasteiger partial charge is 0.338 e. The Kier molecular flexibility index (Phi) is 5.37. The molecule has 0 saturated carbocycles. The van der Waals surface area contributed by atoms with E-state index in [2.05, 4.69) is 22.5 Å². The number of benzene rings is 1. The molecular formula is C16H22N4O. The molecule has 2 N–H and O–H groups in total. The number of imidazole rings is 1. The van der Waals surface area contributed by atoms with Crippen LogP contribution in [-0.2, 0) is 0 Å². The first-order chi connectivity index (χ1) is 10.2. The lowest BCUT2D eigenvalue weighted by Crippen LogP contribution is -2.37. The van der Waals surface area contributed by atoms with Gasteiger partial charge in [-0.05, 0) is 31.0 Å². The fourth-order valence-corrected chi connectivity index (χ4v) is 2.06. The Morgan fingerprint density at radius 2 is 2.10 bits per heavy atom. The SMILES string of the molecule is CCCCNC(=O)NC(C)c1ccc(-n2ccnc2)cc1. The molecule has 2 amide bonds. The molecule has 1 unspecified atom stereocenters. The Bertz CT molecular complexity index is 548. The number of amides is 2. The van der Waals surface area contributed by atoms with Gasteiger partial charge >= 0.3 is 6.03 Å². The van der Waals surface area contributed by atoms with Crippen LogP contribution < -0.4 is 10.6 Å². The lowest BCUT2D eigenvalue weighted by molar-refractivity contribution is 0.238. The molecule has 1 heterocycles. The number of hydrogen-bond donors (Lipinski definition) is 2. The van der Waals surface area contributed by atoms with Crippen LogP contribution in [0.25, 0.3) is 5.69 Å². The van der Waals surface area contributed by atoms with Gasteiger partial charge in [-0.1, -0.05) is 25.5 Å². The normalized spacial score (nSPS) is 11.9. The maximum Gasteiger partial charge on any atom is 0.315 e. The van der Waals surface area contributed by atoms with Crippen molar-refractivity contribution in [3.63, 3.8) is 0 Å². The fourth-order valence-electron chi connectivity index (χ4n) is 2.06. The van der Waals surface area contributed by atoms with Gasteiger partial charge in [0.1, 0.15) is 0 Å². The van der Waals surface area contributed by atoms with E-state index in [1.54, 1.807) is 12.5 Å². The number of carbonyl (C=O) groups is 1. The summed E-state index contributed by atoms with van der Waals surface area (Å²) >= 11 is 0. The van der Waals surface area contributed by atoms with Gasteiger partial charge < -0.3 is 15.2 Å². The first-order valence-corrected chi connectivity index (χ1v) is 7.33. The van der Waals surface area contributed by atoms with Crippen LogP contribution >= 0.6 is 0 Å². The van der Waals surface area contributed by atoms with E-state index in [0.29, 0.717) is 6.54 Å². The van der Waals surface area contributed by atoms with E-state index in [9.17, 15) is 4.79 Å². The number of hydrogen-bond acceptors (Lipinski definition) is 2. The van der Waals surface area contributed by atoms with Gasteiger partial charge in [0.15, 0.2) is 0 Å². The van der Waals surface area contributed by atoms with Gasteiger partial charge in [-0.15, -0.1) is 0 Å². The van der Waals surface area contributed by atoms with Crippen molar-refractivity contribution in [1.29, 1.82) is 0 Å². The van der Waals surface area contributed by atoms with Gasteiger partial charge in [0.05, 0.1) is 12.4 Å². The number of rotatable bonds is 6. The quantitative estimate of drug-likeness (QED) is 0.802. The van der Waals surface area contributed by atoms with Gasteiger partial charge in [0.25, 0.3) is 0 Å². The van der Waals surface area contributed by atoms with Crippen LogP contribution in [0.1, 0.15) is 38.3 Å². The van der Waals surface area contributed by atoms with Crippen LogP contribution in [0.4, 0.5) is 4.79 Å². The van der Waals surface area contributed by atoms with Crippen LogP contribution in [0.3, 0.4) is 0 Å². The minimum atomic E-state index is -0.116. The molecule has 112 valence electrons. The third-order valence-electron chi connectivity index (χ3n) is 3.36. The van der Waals surface area contributed by atoms with E-state index < -0.39 is 0 Å². The maximum atomic E-state index is 11.7. The lowest BCUT2D eigenvalue weighted by Gasteiger charge is -2.15. The highest BCUT2D eigenvalue weighted by Gasteiger charge is 2.08. The summed E-state index contributed by atoms with van der Waals surface area (Å²) in [5.74, 6) is 0. The van der Waals surface area contributed by atoms with Crippen LogP contribution in [-0.4, -0.2) is 22.1 Å². The number of nitrogens with one attached hydrogen (secondary N) is 2. The zero-order valence-electron chi connectivity index (χ0n) is 12.5. The first kappa shape index (κ1) is 15.1. The Morgan fingerprint density at radius 3 is 2.71 bits per heavy atom. The molecule has 0 bridgehead atoms. The fraction of sp³-hybridized carbons (Fsp3) is 0.375. The summed E-state index contributed by atoms with van der Waals surface area (Å²) in [4.78, 5) is 15.7. The Morgan fingerprint density at radius 1 is 1.33 bits per heavy atom. The number of carbonyl (C=O) groups excluding carboxylic acids is 1. The summed E-state index contributed by atoms with van der Waals surface area (Å²) in [5.41, 5.74) is 2.13. The van der Waals surface area contributed by atoms with Gasteiger partial charge in [0, 0.05) is 24.6 Å². The molecule has 0 aliphatic heterocycles. The van der Waals surface area contributed by atoms with Crippen molar-refractivity contribution >= 4 is 6.03 Å². The van der Waals surface area contributed by atoms with E-state index in [4.69, 9.17) is 0 Å². The molecule has 5 heteroatoms. The molecule has 21 heavy (non-hydrogen) atoms. The van der Waals surface area contributed by atoms with Gasteiger partial charge in [-0.3, -0.25) is 0 Å². The summed E-state index contributed by atoms with van der Waals surface area (Å²) in [7, 11) is 0. The van der Waals surface area contributed by atoms with Crippen molar-refractivity contribution in [3.05, 3.63) is 48.5 Å². The summed E-state index contributed by atoms with van der Waals surface area (Å²) in [6.07, 6.45) is 7.49. The van der Waals surface area contributed by atoms with Crippen LogP contribution in [0, 0.1) is 0 Å². The molecule has 1 aromatic carbocycles. The standard InChI is InChI=1S/C16H22N4O/c1-3-4-9-18-16(21)19-13(2)14-5-7-15(8-6-14)20-11-10-17-12-20/h5-8,10-13H,3-4,9H2,1-2H3,(H2,18,19,21). The predicted molar refractivity (Wildman–Crippen MR) is 83.4 cm³/mol. The summed E-state index contributed by atoms with van der Waals surface area (Å²) < 4.78 is 1.94. The highest BCUT2D eigenvalue weighted by molar-refractivity contribution is 5.74. The average Bonchev–Trinajstić information content (AvgIpc) is 3.02. The number of urea groups is 1. The van der Waals surface area contributed by atoms with Gasteiger partial charge in [-0.25, -0.2) is 9.78 Å². The Labute approximate surface area is 125 Å². The highest BCUT2D eigenvalue weighted by Crippen LogP contribution is 2.15. The second-order valence-corrected chi connectivity index (χ2v) is 5.04. The Hall–Kier alpha value is -2.30. The molecule has 0 radical (unpaired) electrons. The van der Waals surface area contributed by atoms with Gasteiger partial charge in [-0.2, -0.15) is 0 Å².